The Hall–Kier alpha value is -0.120. The standard InChI is InChI=1S/C8H17NO2/c1-4-9-5-7(10-2)8(6-9)11-3/h7-8H,4-6H2,1-3H3/t7-,8-/m1/s1. The first-order chi connectivity index (χ1) is 5.31. The van der Waals surface area contributed by atoms with Gasteiger partial charge in [0.2, 0.25) is 0 Å². The lowest BCUT2D eigenvalue weighted by Crippen LogP contribution is -2.27. The van der Waals surface area contributed by atoms with Crippen LogP contribution in [-0.2, 0) is 9.47 Å². The molecule has 0 aromatic heterocycles. The van der Waals surface area contributed by atoms with Crippen LogP contribution in [0.15, 0.2) is 0 Å². The second-order valence-corrected chi connectivity index (χ2v) is 2.90. The van der Waals surface area contributed by atoms with Crippen LogP contribution < -0.4 is 0 Å². The van der Waals surface area contributed by atoms with Gasteiger partial charge in [0, 0.05) is 27.3 Å². The SMILES string of the molecule is CCN1C[C@@H](OC)[C@H](OC)C1. The molecular formula is C8H17NO2. The molecule has 1 aliphatic rings. The minimum atomic E-state index is 0.264. The largest absolute Gasteiger partial charge is 0.377 e. The Bertz CT molecular complexity index is 107. The third-order valence-electron chi connectivity index (χ3n) is 2.34. The van der Waals surface area contributed by atoms with Gasteiger partial charge in [-0.1, -0.05) is 6.92 Å². The van der Waals surface area contributed by atoms with Crippen LogP contribution in [0, 0.1) is 0 Å². The molecule has 1 heterocycles. The van der Waals surface area contributed by atoms with Gasteiger partial charge in [0.25, 0.3) is 0 Å². The number of rotatable bonds is 3. The first-order valence-electron chi connectivity index (χ1n) is 4.09. The van der Waals surface area contributed by atoms with Gasteiger partial charge in [0.1, 0.15) is 0 Å². The highest BCUT2D eigenvalue weighted by atomic mass is 16.5. The number of methoxy groups -OCH3 is 2. The first kappa shape index (κ1) is 8.97. The van der Waals surface area contributed by atoms with Gasteiger partial charge in [-0.05, 0) is 6.54 Å². The van der Waals surface area contributed by atoms with E-state index in [4.69, 9.17) is 9.47 Å². The molecule has 0 aromatic carbocycles. The molecule has 0 unspecified atom stereocenters. The van der Waals surface area contributed by atoms with Gasteiger partial charge in [0.15, 0.2) is 0 Å². The molecule has 1 fully saturated rings. The molecule has 2 atom stereocenters. The van der Waals surface area contributed by atoms with Gasteiger partial charge in [-0.2, -0.15) is 0 Å². The van der Waals surface area contributed by atoms with E-state index in [1.165, 1.54) is 0 Å². The maximum Gasteiger partial charge on any atom is 0.0971 e. The highest BCUT2D eigenvalue weighted by Gasteiger charge is 2.31. The zero-order valence-corrected chi connectivity index (χ0v) is 7.54. The van der Waals surface area contributed by atoms with Crippen molar-refractivity contribution in [2.24, 2.45) is 0 Å². The summed E-state index contributed by atoms with van der Waals surface area (Å²) < 4.78 is 10.6. The van der Waals surface area contributed by atoms with E-state index in [0.29, 0.717) is 0 Å². The summed E-state index contributed by atoms with van der Waals surface area (Å²) in [6.45, 7) is 5.25. The Morgan fingerprint density at radius 1 is 1.18 bits per heavy atom. The molecule has 3 nitrogen and oxygen atoms in total. The summed E-state index contributed by atoms with van der Waals surface area (Å²) >= 11 is 0. The fourth-order valence-electron chi connectivity index (χ4n) is 1.53. The Morgan fingerprint density at radius 2 is 1.64 bits per heavy atom. The van der Waals surface area contributed by atoms with Crippen LogP contribution >= 0.6 is 0 Å². The lowest BCUT2D eigenvalue weighted by molar-refractivity contribution is -0.00461. The Balaban J connectivity index is 2.41. The molecule has 0 aromatic rings. The summed E-state index contributed by atoms with van der Waals surface area (Å²) in [7, 11) is 3.49. The van der Waals surface area contributed by atoms with E-state index in [-0.39, 0.29) is 12.2 Å². The van der Waals surface area contributed by atoms with Crippen LogP contribution in [0.3, 0.4) is 0 Å². The van der Waals surface area contributed by atoms with Crippen molar-refractivity contribution in [2.75, 3.05) is 33.9 Å². The van der Waals surface area contributed by atoms with Gasteiger partial charge in [-0.3, -0.25) is 4.90 Å². The molecule has 11 heavy (non-hydrogen) atoms. The van der Waals surface area contributed by atoms with Crippen LogP contribution in [-0.4, -0.2) is 51.0 Å². The van der Waals surface area contributed by atoms with E-state index >= 15 is 0 Å². The molecule has 0 saturated carbocycles. The van der Waals surface area contributed by atoms with Crippen molar-refractivity contribution in [3.8, 4) is 0 Å². The molecule has 66 valence electrons. The van der Waals surface area contributed by atoms with Crippen LogP contribution in [0.1, 0.15) is 6.92 Å². The average Bonchev–Trinajstić information content (AvgIpc) is 2.46. The van der Waals surface area contributed by atoms with Crippen molar-refractivity contribution in [1.82, 2.24) is 4.90 Å². The smallest absolute Gasteiger partial charge is 0.0971 e. The van der Waals surface area contributed by atoms with Gasteiger partial charge in [-0.25, -0.2) is 0 Å². The number of hydrogen-bond acceptors (Lipinski definition) is 3. The van der Waals surface area contributed by atoms with Crippen molar-refractivity contribution >= 4 is 0 Å². The molecule has 1 aliphatic heterocycles. The Kier molecular flexibility index (Phi) is 3.30. The Labute approximate surface area is 68.3 Å². The fourth-order valence-corrected chi connectivity index (χ4v) is 1.53. The monoisotopic (exact) mass is 159 g/mol. The summed E-state index contributed by atoms with van der Waals surface area (Å²) in [5, 5.41) is 0. The molecule has 1 saturated heterocycles. The maximum atomic E-state index is 5.28. The predicted molar refractivity (Wildman–Crippen MR) is 43.7 cm³/mol. The van der Waals surface area contributed by atoms with Crippen molar-refractivity contribution in [3.63, 3.8) is 0 Å². The Morgan fingerprint density at radius 3 is 1.91 bits per heavy atom. The lowest BCUT2D eigenvalue weighted by Gasteiger charge is -2.13. The molecule has 3 heteroatoms. The predicted octanol–water partition coefficient (Wildman–Crippen LogP) is 0.352. The third-order valence-corrected chi connectivity index (χ3v) is 2.34. The molecular weight excluding hydrogens is 142 g/mol. The van der Waals surface area contributed by atoms with Crippen LogP contribution in [0.5, 0.6) is 0 Å². The van der Waals surface area contributed by atoms with E-state index in [9.17, 15) is 0 Å². The zero-order valence-electron chi connectivity index (χ0n) is 7.54. The molecule has 1 rings (SSSR count). The summed E-state index contributed by atoms with van der Waals surface area (Å²) in [4.78, 5) is 2.34. The second kappa shape index (κ2) is 4.04. The van der Waals surface area contributed by atoms with Gasteiger partial charge in [-0.15, -0.1) is 0 Å². The molecule has 0 aliphatic carbocycles. The fraction of sp³-hybridized carbons (Fsp3) is 1.00. The van der Waals surface area contributed by atoms with Crippen LogP contribution in [0.25, 0.3) is 0 Å². The topological polar surface area (TPSA) is 21.7 Å². The third kappa shape index (κ3) is 1.92. The molecule has 0 spiro atoms. The number of likely N-dealkylation sites (N-methyl/N-ethyl adjacent to an activating group) is 1. The van der Waals surface area contributed by atoms with Crippen molar-refractivity contribution in [2.45, 2.75) is 19.1 Å². The molecule has 0 N–H and O–H groups in total. The number of likely N-dealkylation sites (tertiary alicyclic amines) is 1. The molecule has 0 radical (unpaired) electrons. The van der Waals surface area contributed by atoms with Crippen molar-refractivity contribution in [1.29, 1.82) is 0 Å². The van der Waals surface area contributed by atoms with Gasteiger partial charge in [0.05, 0.1) is 12.2 Å². The second-order valence-electron chi connectivity index (χ2n) is 2.90. The van der Waals surface area contributed by atoms with Crippen molar-refractivity contribution < 1.29 is 9.47 Å². The number of ether oxygens (including phenoxy) is 2. The van der Waals surface area contributed by atoms with E-state index in [2.05, 4.69) is 11.8 Å². The van der Waals surface area contributed by atoms with Crippen LogP contribution in [0.4, 0.5) is 0 Å². The number of hydrogen-bond donors (Lipinski definition) is 0. The van der Waals surface area contributed by atoms with Gasteiger partial charge >= 0.3 is 0 Å². The normalized spacial score (nSPS) is 33.0. The summed E-state index contributed by atoms with van der Waals surface area (Å²) in [6, 6.07) is 0. The van der Waals surface area contributed by atoms with E-state index in [1.54, 1.807) is 14.2 Å². The summed E-state index contributed by atoms with van der Waals surface area (Å²) in [6.07, 6.45) is 0.528. The summed E-state index contributed by atoms with van der Waals surface area (Å²) in [5.74, 6) is 0. The lowest BCUT2D eigenvalue weighted by atomic mass is 10.3. The first-order valence-corrected chi connectivity index (χ1v) is 4.09. The van der Waals surface area contributed by atoms with E-state index in [0.717, 1.165) is 19.6 Å². The van der Waals surface area contributed by atoms with Crippen LogP contribution in [0.2, 0.25) is 0 Å². The average molecular weight is 159 g/mol. The summed E-state index contributed by atoms with van der Waals surface area (Å²) in [5.41, 5.74) is 0. The highest BCUT2D eigenvalue weighted by Crippen LogP contribution is 2.14. The zero-order chi connectivity index (χ0) is 8.27. The number of nitrogens with zero attached hydrogens (tertiary/aromatic N) is 1. The maximum absolute atomic E-state index is 5.28. The minimum Gasteiger partial charge on any atom is -0.377 e. The quantitative estimate of drug-likeness (QED) is 0.593. The molecule has 0 amide bonds. The minimum absolute atomic E-state index is 0.264. The molecule has 0 bridgehead atoms. The highest BCUT2D eigenvalue weighted by molar-refractivity contribution is 4.84. The van der Waals surface area contributed by atoms with Crippen molar-refractivity contribution in [3.05, 3.63) is 0 Å². The van der Waals surface area contributed by atoms with Gasteiger partial charge < -0.3 is 9.47 Å². The van der Waals surface area contributed by atoms with E-state index < -0.39 is 0 Å². The van der Waals surface area contributed by atoms with E-state index in [1.807, 2.05) is 0 Å².